The van der Waals surface area contributed by atoms with Crippen LogP contribution in [0.1, 0.15) is 5.56 Å². The Labute approximate surface area is 104 Å². The number of hydrogen-bond donors (Lipinski definition) is 0. The summed E-state index contributed by atoms with van der Waals surface area (Å²) in [7, 11) is 0. The summed E-state index contributed by atoms with van der Waals surface area (Å²) < 4.78 is 28.6. The summed E-state index contributed by atoms with van der Waals surface area (Å²) in [5, 5.41) is 4.29. The summed E-state index contributed by atoms with van der Waals surface area (Å²) in [4.78, 5) is 0. The van der Waals surface area contributed by atoms with Crippen molar-refractivity contribution < 1.29 is 8.78 Å². The van der Waals surface area contributed by atoms with Gasteiger partial charge in [-0.25, -0.2) is 8.78 Å². The Morgan fingerprint density at radius 3 is 2.75 bits per heavy atom. The molecule has 1 heterocycles. The van der Waals surface area contributed by atoms with Crippen molar-refractivity contribution in [1.29, 1.82) is 0 Å². The molecule has 2 aromatic rings. The van der Waals surface area contributed by atoms with Crippen molar-refractivity contribution in [2.24, 2.45) is 0 Å². The highest BCUT2D eigenvalue weighted by Crippen LogP contribution is 2.22. The molecule has 0 fully saturated rings. The number of hydrogen-bond acceptors (Lipinski definition) is 1. The smallest absolute Gasteiger partial charge is 0.145 e. The van der Waals surface area contributed by atoms with Crippen LogP contribution in [0.3, 0.4) is 0 Å². The van der Waals surface area contributed by atoms with Crippen molar-refractivity contribution in [3.8, 4) is 0 Å². The Balaban J connectivity index is 2.37. The first-order chi connectivity index (χ1) is 7.58. The lowest BCUT2D eigenvalue weighted by Gasteiger charge is -2.06. The first kappa shape index (κ1) is 11.5. The summed E-state index contributed by atoms with van der Waals surface area (Å²) >= 11 is 8.66. The highest BCUT2D eigenvalue weighted by molar-refractivity contribution is 9.10. The van der Waals surface area contributed by atoms with Gasteiger partial charge in [0.2, 0.25) is 0 Å². The lowest BCUT2D eigenvalue weighted by atomic mass is 10.2. The lowest BCUT2D eigenvalue weighted by molar-refractivity contribution is 0.529. The van der Waals surface area contributed by atoms with Gasteiger partial charge in [-0.05, 0) is 28.1 Å². The molecule has 0 unspecified atom stereocenters. The first-order valence-electron chi connectivity index (χ1n) is 4.38. The third kappa shape index (κ3) is 2.25. The molecule has 0 atom stereocenters. The van der Waals surface area contributed by atoms with Gasteiger partial charge in [0.25, 0.3) is 0 Å². The maximum atomic E-state index is 13.6. The van der Waals surface area contributed by atoms with E-state index >= 15 is 0 Å². The van der Waals surface area contributed by atoms with E-state index in [1.54, 1.807) is 0 Å². The van der Waals surface area contributed by atoms with Gasteiger partial charge in [0.15, 0.2) is 0 Å². The molecule has 2 nitrogen and oxygen atoms in total. The molecule has 0 aliphatic heterocycles. The lowest BCUT2D eigenvalue weighted by Crippen LogP contribution is -2.05. The molecule has 0 spiro atoms. The zero-order valence-corrected chi connectivity index (χ0v) is 10.3. The Bertz CT molecular complexity index is 528. The van der Waals surface area contributed by atoms with Crippen molar-refractivity contribution in [3.63, 3.8) is 0 Å². The van der Waals surface area contributed by atoms with Gasteiger partial charge in [-0.1, -0.05) is 11.6 Å². The van der Waals surface area contributed by atoms with E-state index in [-0.39, 0.29) is 16.6 Å². The van der Waals surface area contributed by atoms with Crippen LogP contribution in [0, 0.1) is 11.6 Å². The molecule has 0 saturated heterocycles. The Kier molecular flexibility index (Phi) is 3.25. The molecule has 1 aromatic carbocycles. The molecule has 2 rings (SSSR count). The van der Waals surface area contributed by atoms with E-state index in [2.05, 4.69) is 21.0 Å². The SMILES string of the molecule is Fc1ccc(Br)c(F)c1Cn1cc(Cl)cn1. The Morgan fingerprint density at radius 1 is 1.38 bits per heavy atom. The summed E-state index contributed by atoms with van der Waals surface area (Å²) in [5.74, 6) is -1.22. The van der Waals surface area contributed by atoms with Gasteiger partial charge >= 0.3 is 0 Å². The van der Waals surface area contributed by atoms with E-state index in [0.29, 0.717) is 5.02 Å². The standard InChI is InChI=1S/C10H6BrClF2N2/c11-8-1-2-9(13)7(10(8)14)5-16-4-6(12)3-15-16/h1-4H,5H2. The molecule has 0 aliphatic carbocycles. The summed E-state index contributed by atoms with van der Waals surface area (Å²) in [6.45, 7) is 0.00380. The van der Waals surface area contributed by atoms with Crippen LogP contribution < -0.4 is 0 Å². The minimum Gasteiger partial charge on any atom is -0.267 e. The van der Waals surface area contributed by atoms with Gasteiger partial charge < -0.3 is 0 Å². The van der Waals surface area contributed by atoms with Crippen molar-refractivity contribution in [2.75, 3.05) is 0 Å². The molecular weight excluding hydrogens is 301 g/mol. The predicted molar refractivity (Wildman–Crippen MR) is 60.4 cm³/mol. The fraction of sp³-hybridized carbons (Fsp3) is 0.100. The van der Waals surface area contributed by atoms with Gasteiger partial charge in [-0.15, -0.1) is 0 Å². The average Bonchev–Trinajstić information content (AvgIpc) is 2.65. The van der Waals surface area contributed by atoms with E-state index in [1.165, 1.54) is 29.2 Å². The normalized spacial score (nSPS) is 10.8. The minimum absolute atomic E-state index is 0.00380. The second-order valence-corrected chi connectivity index (χ2v) is 4.47. The molecule has 0 saturated carbocycles. The largest absolute Gasteiger partial charge is 0.267 e. The van der Waals surface area contributed by atoms with Crippen LogP contribution in [0.15, 0.2) is 29.0 Å². The monoisotopic (exact) mass is 306 g/mol. The quantitative estimate of drug-likeness (QED) is 0.775. The van der Waals surface area contributed by atoms with Crippen LogP contribution in [0.5, 0.6) is 0 Å². The number of halogens is 4. The van der Waals surface area contributed by atoms with E-state index in [9.17, 15) is 8.78 Å². The molecule has 0 amide bonds. The summed E-state index contributed by atoms with van der Waals surface area (Å²) in [6.07, 6.45) is 2.91. The molecule has 0 aliphatic rings. The van der Waals surface area contributed by atoms with Crippen molar-refractivity contribution in [1.82, 2.24) is 9.78 Å². The molecule has 84 valence electrons. The highest BCUT2D eigenvalue weighted by atomic mass is 79.9. The number of rotatable bonds is 2. The van der Waals surface area contributed by atoms with Gasteiger partial charge in [0.1, 0.15) is 11.6 Å². The zero-order valence-electron chi connectivity index (χ0n) is 7.92. The van der Waals surface area contributed by atoms with Crippen molar-refractivity contribution in [2.45, 2.75) is 6.54 Å². The van der Waals surface area contributed by atoms with Crippen LogP contribution in [0.25, 0.3) is 0 Å². The van der Waals surface area contributed by atoms with E-state index in [1.807, 2.05) is 0 Å². The number of benzene rings is 1. The molecule has 16 heavy (non-hydrogen) atoms. The second-order valence-electron chi connectivity index (χ2n) is 3.18. The fourth-order valence-electron chi connectivity index (χ4n) is 1.30. The summed E-state index contributed by atoms with van der Waals surface area (Å²) in [5.41, 5.74) is -0.0471. The van der Waals surface area contributed by atoms with Crippen LogP contribution in [-0.2, 0) is 6.54 Å². The topological polar surface area (TPSA) is 17.8 Å². The Morgan fingerprint density at radius 2 is 2.12 bits per heavy atom. The second kappa shape index (κ2) is 4.51. The molecule has 0 radical (unpaired) electrons. The third-order valence-corrected chi connectivity index (χ3v) is 2.87. The van der Waals surface area contributed by atoms with Gasteiger partial charge in [0.05, 0.1) is 22.2 Å². The highest BCUT2D eigenvalue weighted by Gasteiger charge is 2.13. The molecule has 0 N–H and O–H groups in total. The van der Waals surface area contributed by atoms with Gasteiger partial charge in [0, 0.05) is 11.8 Å². The molecular formula is C10H6BrClF2N2. The van der Waals surface area contributed by atoms with E-state index in [0.717, 1.165) is 0 Å². The molecule has 1 aromatic heterocycles. The number of nitrogens with zero attached hydrogens (tertiary/aromatic N) is 2. The fourth-order valence-corrected chi connectivity index (χ4v) is 1.83. The number of aromatic nitrogens is 2. The summed E-state index contributed by atoms with van der Waals surface area (Å²) in [6, 6.07) is 2.53. The van der Waals surface area contributed by atoms with E-state index < -0.39 is 11.6 Å². The van der Waals surface area contributed by atoms with Crippen LogP contribution in [0.4, 0.5) is 8.78 Å². The van der Waals surface area contributed by atoms with Crippen molar-refractivity contribution >= 4 is 27.5 Å². The van der Waals surface area contributed by atoms with Crippen LogP contribution >= 0.6 is 27.5 Å². The molecule has 0 bridgehead atoms. The predicted octanol–water partition coefficient (Wildman–Crippen LogP) is 3.63. The zero-order chi connectivity index (χ0) is 11.7. The van der Waals surface area contributed by atoms with Gasteiger partial charge in [-0.3, -0.25) is 4.68 Å². The minimum atomic E-state index is -0.619. The Hall–Kier alpha value is -0.940. The maximum absolute atomic E-state index is 13.6. The van der Waals surface area contributed by atoms with E-state index in [4.69, 9.17) is 11.6 Å². The van der Waals surface area contributed by atoms with Gasteiger partial charge in [-0.2, -0.15) is 5.10 Å². The van der Waals surface area contributed by atoms with Crippen LogP contribution in [0.2, 0.25) is 5.02 Å². The molecule has 6 heteroatoms. The first-order valence-corrected chi connectivity index (χ1v) is 5.55. The van der Waals surface area contributed by atoms with Crippen molar-refractivity contribution in [3.05, 3.63) is 51.2 Å². The third-order valence-electron chi connectivity index (χ3n) is 2.06. The maximum Gasteiger partial charge on any atom is 0.145 e. The van der Waals surface area contributed by atoms with Crippen LogP contribution in [-0.4, -0.2) is 9.78 Å². The average molecular weight is 308 g/mol.